The zero-order valence-electron chi connectivity index (χ0n) is 16.7. The molecule has 0 saturated heterocycles. The molecule has 1 amide bonds. The molecule has 0 saturated carbocycles. The topological polar surface area (TPSA) is 72.0 Å². The molecule has 150 valence electrons. The van der Waals surface area contributed by atoms with Crippen LogP contribution in [0.1, 0.15) is 29.4 Å². The molecule has 4 rings (SSSR count). The normalized spacial score (nSPS) is 12.3. The van der Waals surface area contributed by atoms with Crippen molar-refractivity contribution < 1.29 is 14.0 Å². The number of carbonyl (C=O) groups is 2. The van der Waals surface area contributed by atoms with E-state index in [1.165, 1.54) is 13.0 Å². The fourth-order valence-electron chi connectivity index (χ4n) is 3.56. The summed E-state index contributed by atoms with van der Waals surface area (Å²) >= 11 is 0. The maximum absolute atomic E-state index is 14.7. The van der Waals surface area contributed by atoms with Crippen molar-refractivity contribution in [3.63, 3.8) is 0 Å². The van der Waals surface area contributed by atoms with Crippen LogP contribution in [0.3, 0.4) is 0 Å². The quantitative estimate of drug-likeness (QED) is 0.692. The number of allylic oxidation sites excluding steroid dienone is 2. The van der Waals surface area contributed by atoms with Gasteiger partial charge in [0.2, 0.25) is 5.91 Å². The molecule has 3 aromatic rings. The van der Waals surface area contributed by atoms with E-state index in [1.54, 1.807) is 36.7 Å². The first-order valence-corrected chi connectivity index (χ1v) is 9.62. The number of Topliss-reactive ketones (excluding diaryl/α,β-unsaturated/α-hetero) is 1. The Kier molecular flexibility index (Phi) is 5.23. The first-order valence-electron chi connectivity index (χ1n) is 9.62. The van der Waals surface area contributed by atoms with E-state index in [4.69, 9.17) is 0 Å². The molecule has 1 aliphatic carbocycles. The Labute approximate surface area is 173 Å². The molecule has 2 heterocycles. The summed E-state index contributed by atoms with van der Waals surface area (Å²) < 4.78 is 14.7. The summed E-state index contributed by atoms with van der Waals surface area (Å²) in [7, 11) is 0. The van der Waals surface area contributed by atoms with Crippen molar-refractivity contribution in [3.8, 4) is 11.1 Å². The van der Waals surface area contributed by atoms with Gasteiger partial charge >= 0.3 is 0 Å². The molecule has 0 unspecified atom stereocenters. The Morgan fingerprint density at radius 3 is 2.67 bits per heavy atom. The van der Waals surface area contributed by atoms with Crippen LogP contribution in [0.2, 0.25) is 0 Å². The van der Waals surface area contributed by atoms with Crippen molar-refractivity contribution in [2.75, 3.05) is 5.32 Å². The van der Waals surface area contributed by atoms with Gasteiger partial charge in [-0.3, -0.25) is 19.6 Å². The van der Waals surface area contributed by atoms with E-state index < -0.39 is 5.82 Å². The van der Waals surface area contributed by atoms with E-state index in [2.05, 4.69) is 15.3 Å². The van der Waals surface area contributed by atoms with Gasteiger partial charge in [0.25, 0.3) is 0 Å². The highest BCUT2D eigenvalue weighted by atomic mass is 19.1. The monoisotopic (exact) mass is 401 g/mol. The van der Waals surface area contributed by atoms with Gasteiger partial charge in [0.05, 0.1) is 12.1 Å². The highest BCUT2D eigenvalue weighted by Gasteiger charge is 2.19. The van der Waals surface area contributed by atoms with Gasteiger partial charge in [-0.25, -0.2) is 4.39 Å². The van der Waals surface area contributed by atoms with Crippen molar-refractivity contribution in [2.24, 2.45) is 0 Å². The molecule has 0 bridgehead atoms. The van der Waals surface area contributed by atoms with E-state index in [-0.39, 0.29) is 18.1 Å². The van der Waals surface area contributed by atoms with Crippen molar-refractivity contribution in [1.82, 2.24) is 9.97 Å². The molecule has 30 heavy (non-hydrogen) atoms. The van der Waals surface area contributed by atoms with Crippen LogP contribution in [0.15, 0.2) is 54.9 Å². The Morgan fingerprint density at radius 2 is 1.93 bits per heavy atom. The van der Waals surface area contributed by atoms with Crippen LogP contribution in [0.25, 0.3) is 16.7 Å². The maximum Gasteiger partial charge on any atom is 0.228 e. The Hall–Kier alpha value is -3.67. The zero-order chi connectivity index (χ0) is 21.3. The van der Waals surface area contributed by atoms with Gasteiger partial charge in [-0.15, -0.1) is 0 Å². The third-order valence-electron chi connectivity index (χ3n) is 5.06. The van der Waals surface area contributed by atoms with Crippen LogP contribution >= 0.6 is 0 Å². The van der Waals surface area contributed by atoms with Crippen LogP contribution in [-0.2, 0) is 22.4 Å². The summed E-state index contributed by atoms with van der Waals surface area (Å²) in [6, 6.07) is 10.1. The van der Waals surface area contributed by atoms with Crippen LogP contribution in [0.4, 0.5) is 10.1 Å². The van der Waals surface area contributed by atoms with E-state index in [0.717, 1.165) is 22.5 Å². The molecule has 0 radical (unpaired) electrons. The number of ketones is 1. The third-order valence-corrected chi connectivity index (χ3v) is 5.06. The predicted octanol–water partition coefficient (Wildman–Crippen LogP) is 4.30. The van der Waals surface area contributed by atoms with Crippen molar-refractivity contribution in [3.05, 3.63) is 83.2 Å². The number of anilines is 1. The van der Waals surface area contributed by atoms with E-state index in [9.17, 15) is 14.0 Å². The molecule has 1 aliphatic rings. The summed E-state index contributed by atoms with van der Waals surface area (Å²) in [5.74, 6) is -0.774. The lowest BCUT2D eigenvalue weighted by molar-refractivity contribution is -0.115. The molecule has 0 atom stereocenters. The van der Waals surface area contributed by atoms with E-state index >= 15 is 0 Å². The van der Waals surface area contributed by atoms with Gasteiger partial charge in [-0.2, -0.15) is 0 Å². The molecule has 0 fully saturated rings. The fraction of sp³-hybridized carbons (Fsp3) is 0.167. The average molecular weight is 401 g/mol. The molecule has 1 N–H and O–H groups in total. The average Bonchev–Trinajstić information content (AvgIpc) is 3.13. The SMILES string of the molecule is CC(=O)C1=CCc2ncc(-c3ccc(CC(=O)Nc4ccnc(C)c4)c(F)c3)cc21. The number of hydrogen-bond acceptors (Lipinski definition) is 4. The standard InChI is InChI=1S/C24H20FN3O2/c1-14-9-19(7-8-26-14)28-24(30)12-17-4-3-16(11-22(17)25)18-10-21-20(15(2)29)5-6-23(21)27-13-18/h3-5,7-11,13H,6,12H2,1-2H3,(H,26,28,30). The van der Waals surface area contributed by atoms with Crippen LogP contribution in [0.5, 0.6) is 0 Å². The van der Waals surface area contributed by atoms with Gasteiger partial charge in [-0.05, 0) is 49.2 Å². The molecule has 5 nitrogen and oxygen atoms in total. The number of carbonyl (C=O) groups excluding carboxylic acids is 2. The number of aromatic nitrogens is 2. The largest absolute Gasteiger partial charge is 0.326 e. The third kappa shape index (κ3) is 4.03. The Morgan fingerprint density at radius 1 is 1.10 bits per heavy atom. The number of aryl methyl sites for hydroxylation is 1. The fourth-order valence-corrected chi connectivity index (χ4v) is 3.56. The molecule has 0 aliphatic heterocycles. The van der Waals surface area contributed by atoms with Gasteiger partial charge in [0.15, 0.2) is 5.78 Å². The predicted molar refractivity (Wildman–Crippen MR) is 113 cm³/mol. The zero-order valence-corrected chi connectivity index (χ0v) is 16.7. The minimum Gasteiger partial charge on any atom is -0.326 e. The van der Waals surface area contributed by atoms with Crippen molar-refractivity contribution in [1.29, 1.82) is 0 Å². The second kappa shape index (κ2) is 7.99. The minimum atomic E-state index is -0.462. The lowest BCUT2D eigenvalue weighted by atomic mass is 9.99. The van der Waals surface area contributed by atoms with E-state index in [0.29, 0.717) is 28.8 Å². The summed E-state index contributed by atoms with van der Waals surface area (Å²) in [6.07, 6.45) is 5.72. The molecule has 1 aromatic carbocycles. The first kappa shape index (κ1) is 19.6. The number of rotatable bonds is 5. The summed E-state index contributed by atoms with van der Waals surface area (Å²) in [6.45, 7) is 3.36. The highest BCUT2D eigenvalue weighted by molar-refractivity contribution is 6.21. The summed E-state index contributed by atoms with van der Waals surface area (Å²) in [4.78, 5) is 32.6. The number of fused-ring (bicyclic) bond motifs is 1. The van der Waals surface area contributed by atoms with Gasteiger partial charge in [0.1, 0.15) is 5.82 Å². The van der Waals surface area contributed by atoms with Crippen molar-refractivity contribution >= 4 is 23.0 Å². The molecular formula is C24H20FN3O2. The summed E-state index contributed by atoms with van der Waals surface area (Å²) in [5, 5.41) is 2.75. The molecule has 6 heteroatoms. The minimum absolute atomic E-state index is 0.00960. The Balaban J connectivity index is 1.53. The lowest BCUT2D eigenvalue weighted by Crippen LogP contribution is -2.15. The number of halogens is 1. The maximum atomic E-state index is 14.7. The van der Waals surface area contributed by atoms with Crippen LogP contribution in [0, 0.1) is 12.7 Å². The van der Waals surface area contributed by atoms with Gasteiger partial charge in [0, 0.05) is 46.9 Å². The second-order valence-electron chi connectivity index (χ2n) is 7.31. The number of pyridine rings is 2. The van der Waals surface area contributed by atoms with E-state index in [1.807, 2.05) is 19.1 Å². The molecular weight excluding hydrogens is 381 g/mol. The number of hydrogen-bond donors (Lipinski definition) is 1. The van der Waals surface area contributed by atoms with Crippen molar-refractivity contribution in [2.45, 2.75) is 26.7 Å². The second-order valence-corrected chi connectivity index (χ2v) is 7.31. The number of nitrogens with one attached hydrogen (secondary N) is 1. The van der Waals surface area contributed by atoms with Gasteiger partial charge < -0.3 is 5.32 Å². The Bertz CT molecular complexity index is 1200. The number of nitrogens with zero attached hydrogens (tertiary/aromatic N) is 2. The molecule has 2 aromatic heterocycles. The number of amides is 1. The lowest BCUT2D eigenvalue weighted by Gasteiger charge is -2.10. The molecule has 0 spiro atoms. The van der Waals surface area contributed by atoms with Crippen LogP contribution < -0.4 is 5.32 Å². The number of benzene rings is 1. The summed E-state index contributed by atoms with van der Waals surface area (Å²) in [5.41, 5.74) is 5.40. The first-order chi connectivity index (χ1) is 14.4. The van der Waals surface area contributed by atoms with Crippen LogP contribution in [-0.4, -0.2) is 21.7 Å². The highest BCUT2D eigenvalue weighted by Crippen LogP contribution is 2.31. The smallest absolute Gasteiger partial charge is 0.228 e. The van der Waals surface area contributed by atoms with Gasteiger partial charge in [-0.1, -0.05) is 18.2 Å².